The van der Waals surface area contributed by atoms with Gasteiger partial charge in [0.05, 0.1) is 18.1 Å². The summed E-state index contributed by atoms with van der Waals surface area (Å²) in [7, 11) is 1.59. The number of nitrogens with zero attached hydrogens (tertiary/aromatic N) is 2. The lowest BCUT2D eigenvalue weighted by molar-refractivity contribution is -0.121. The molecule has 0 fully saturated rings. The first-order valence-corrected chi connectivity index (χ1v) is 8.77. The molecule has 0 saturated carbocycles. The third kappa shape index (κ3) is 3.84. The zero-order chi connectivity index (χ0) is 19.6. The van der Waals surface area contributed by atoms with E-state index in [0.29, 0.717) is 29.0 Å². The highest BCUT2D eigenvalue weighted by molar-refractivity contribution is 5.81. The maximum atomic E-state index is 12.6. The number of hydrogen-bond donors (Lipinski definition) is 1. The quantitative estimate of drug-likeness (QED) is 0.754. The average Bonchev–Trinajstić information content (AvgIpc) is 2.66. The summed E-state index contributed by atoms with van der Waals surface area (Å²) in [6.07, 6.45) is 0. The molecule has 27 heavy (non-hydrogen) atoms. The molecule has 0 spiro atoms. The minimum atomic E-state index is -0.252. The highest BCUT2D eigenvalue weighted by Crippen LogP contribution is 2.18. The summed E-state index contributed by atoms with van der Waals surface area (Å²) >= 11 is 0. The summed E-state index contributed by atoms with van der Waals surface area (Å²) < 4.78 is 6.79. The van der Waals surface area contributed by atoms with Gasteiger partial charge in [0.25, 0.3) is 5.56 Å². The third-order valence-electron chi connectivity index (χ3n) is 4.69. The number of aryl methyl sites for hydroxylation is 3. The van der Waals surface area contributed by atoms with Gasteiger partial charge in [-0.05, 0) is 50.1 Å². The van der Waals surface area contributed by atoms with Crippen molar-refractivity contribution in [3.05, 3.63) is 69.1 Å². The number of ether oxygens (including phenoxy) is 1. The highest BCUT2D eigenvalue weighted by atomic mass is 16.5. The van der Waals surface area contributed by atoms with E-state index < -0.39 is 0 Å². The van der Waals surface area contributed by atoms with Crippen LogP contribution in [0.15, 0.2) is 41.2 Å². The Balaban J connectivity index is 1.87. The van der Waals surface area contributed by atoms with Crippen molar-refractivity contribution in [2.24, 2.45) is 0 Å². The van der Waals surface area contributed by atoms with Gasteiger partial charge in [0.15, 0.2) is 0 Å². The molecule has 2 aromatic carbocycles. The fraction of sp³-hybridized carbons (Fsp3) is 0.286. The molecule has 0 saturated heterocycles. The molecule has 0 radical (unpaired) electrons. The lowest BCUT2D eigenvalue weighted by atomic mass is 10.1. The van der Waals surface area contributed by atoms with Crippen LogP contribution in [0.5, 0.6) is 5.75 Å². The van der Waals surface area contributed by atoms with Crippen molar-refractivity contribution >= 4 is 16.9 Å². The minimum absolute atomic E-state index is 0.0592. The van der Waals surface area contributed by atoms with Gasteiger partial charge in [0.1, 0.15) is 18.0 Å². The van der Waals surface area contributed by atoms with Crippen molar-refractivity contribution in [3.63, 3.8) is 0 Å². The molecule has 140 valence electrons. The van der Waals surface area contributed by atoms with Gasteiger partial charge in [-0.25, -0.2) is 4.98 Å². The second kappa shape index (κ2) is 7.61. The van der Waals surface area contributed by atoms with Crippen LogP contribution in [-0.4, -0.2) is 22.6 Å². The highest BCUT2D eigenvalue weighted by Gasteiger charge is 2.13. The number of aromatic nitrogens is 2. The van der Waals surface area contributed by atoms with Crippen molar-refractivity contribution in [1.29, 1.82) is 0 Å². The van der Waals surface area contributed by atoms with Crippen LogP contribution in [0.1, 0.15) is 22.4 Å². The second-order valence-corrected chi connectivity index (χ2v) is 6.60. The number of fused-ring (bicyclic) bond motifs is 1. The summed E-state index contributed by atoms with van der Waals surface area (Å²) in [5, 5.41) is 2.86. The second-order valence-electron chi connectivity index (χ2n) is 6.60. The van der Waals surface area contributed by atoms with E-state index in [4.69, 9.17) is 4.74 Å². The predicted molar refractivity (Wildman–Crippen MR) is 105 cm³/mol. The van der Waals surface area contributed by atoms with E-state index in [1.165, 1.54) is 4.57 Å². The van der Waals surface area contributed by atoms with E-state index in [0.717, 1.165) is 16.7 Å². The standard InChI is InChI=1S/C21H23N3O3/c1-13-9-17-18(10-14(13)2)24(21(26)15(3)23-17)12-20(25)22-11-16-7-5-6-8-19(16)27-4/h5-10H,11-12H2,1-4H3,(H,22,25). The number of methoxy groups -OCH3 is 1. The van der Waals surface area contributed by atoms with Crippen molar-refractivity contribution in [3.8, 4) is 5.75 Å². The Morgan fingerprint density at radius 1 is 1.15 bits per heavy atom. The van der Waals surface area contributed by atoms with E-state index in [1.54, 1.807) is 14.0 Å². The Morgan fingerprint density at radius 2 is 1.85 bits per heavy atom. The topological polar surface area (TPSA) is 73.2 Å². The molecular weight excluding hydrogens is 342 g/mol. The van der Waals surface area contributed by atoms with Gasteiger partial charge >= 0.3 is 0 Å². The molecule has 0 unspecified atom stereocenters. The van der Waals surface area contributed by atoms with Gasteiger partial charge in [-0.1, -0.05) is 18.2 Å². The maximum Gasteiger partial charge on any atom is 0.272 e. The number of hydrogen-bond acceptors (Lipinski definition) is 4. The SMILES string of the molecule is COc1ccccc1CNC(=O)Cn1c(=O)c(C)nc2cc(C)c(C)cc21. The van der Waals surface area contributed by atoms with Crippen LogP contribution in [-0.2, 0) is 17.9 Å². The van der Waals surface area contributed by atoms with Crippen LogP contribution in [0.2, 0.25) is 0 Å². The molecule has 0 atom stereocenters. The number of nitrogens with one attached hydrogen (secondary N) is 1. The predicted octanol–water partition coefficient (Wildman–Crippen LogP) is 2.65. The fourth-order valence-electron chi connectivity index (χ4n) is 3.02. The molecule has 6 nitrogen and oxygen atoms in total. The first-order valence-electron chi connectivity index (χ1n) is 8.77. The van der Waals surface area contributed by atoms with Crippen LogP contribution >= 0.6 is 0 Å². The molecule has 0 bridgehead atoms. The number of benzene rings is 2. The first-order chi connectivity index (χ1) is 12.9. The third-order valence-corrected chi connectivity index (χ3v) is 4.69. The van der Waals surface area contributed by atoms with E-state index in [1.807, 2.05) is 50.2 Å². The van der Waals surface area contributed by atoms with Gasteiger partial charge in [-0.3, -0.25) is 14.2 Å². The number of rotatable bonds is 5. The van der Waals surface area contributed by atoms with Crippen molar-refractivity contribution in [1.82, 2.24) is 14.9 Å². The Kier molecular flexibility index (Phi) is 5.26. The number of para-hydroxylation sites is 1. The van der Waals surface area contributed by atoms with Crippen molar-refractivity contribution in [2.45, 2.75) is 33.9 Å². The number of carbonyl (C=O) groups is 1. The molecule has 3 rings (SSSR count). The molecule has 1 amide bonds. The van der Waals surface area contributed by atoms with E-state index in [9.17, 15) is 9.59 Å². The minimum Gasteiger partial charge on any atom is -0.496 e. The molecule has 1 N–H and O–H groups in total. The van der Waals surface area contributed by atoms with Crippen molar-refractivity contribution < 1.29 is 9.53 Å². The molecule has 3 aromatic rings. The summed E-state index contributed by atoms with van der Waals surface area (Å²) in [5.41, 5.74) is 4.54. The fourth-order valence-corrected chi connectivity index (χ4v) is 3.02. The Hall–Kier alpha value is -3.15. The van der Waals surface area contributed by atoms with Gasteiger partial charge < -0.3 is 10.1 Å². The average molecular weight is 365 g/mol. The molecule has 0 aliphatic carbocycles. The van der Waals surface area contributed by atoms with Crippen LogP contribution in [0, 0.1) is 20.8 Å². The normalized spacial score (nSPS) is 10.8. The maximum absolute atomic E-state index is 12.6. The largest absolute Gasteiger partial charge is 0.496 e. The smallest absolute Gasteiger partial charge is 0.272 e. The lowest BCUT2D eigenvalue weighted by Gasteiger charge is -2.14. The number of amides is 1. The van der Waals surface area contributed by atoms with Gasteiger partial charge in [0, 0.05) is 12.1 Å². The van der Waals surface area contributed by atoms with Crippen LogP contribution in [0.3, 0.4) is 0 Å². The Labute approximate surface area is 157 Å². The number of carbonyl (C=O) groups excluding carboxylic acids is 1. The summed E-state index contributed by atoms with van der Waals surface area (Å²) in [4.78, 5) is 29.5. The first kappa shape index (κ1) is 18.6. The van der Waals surface area contributed by atoms with Crippen molar-refractivity contribution in [2.75, 3.05) is 7.11 Å². The Morgan fingerprint density at radius 3 is 2.59 bits per heavy atom. The monoisotopic (exact) mass is 365 g/mol. The van der Waals surface area contributed by atoms with Crippen LogP contribution in [0.25, 0.3) is 11.0 Å². The summed E-state index contributed by atoms with van der Waals surface area (Å²) in [5.74, 6) is 0.472. The van der Waals surface area contributed by atoms with Crippen LogP contribution < -0.4 is 15.6 Å². The lowest BCUT2D eigenvalue weighted by Crippen LogP contribution is -2.33. The van der Waals surface area contributed by atoms with Gasteiger partial charge in [0.2, 0.25) is 5.91 Å². The van der Waals surface area contributed by atoms with Gasteiger partial charge in [-0.2, -0.15) is 0 Å². The Bertz CT molecular complexity index is 1070. The molecule has 0 aliphatic heterocycles. The molecule has 0 aliphatic rings. The molecule has 1 aromatic heterocycles. The van der Waals surface area contributed by atoms with E-state index >= 15 is 0 Å². The molecular formula is C21H23N3O3. The van der Waals surface area contributed by atoms with Crippen LogP contribution in [0.4, 0.5) is 0 Å². The zero-order valence-electron chi connectivity index (χ0n) is 16.0. The summed E-state index contributed by atoms with van der Waals surface area (Å²) in [6.45, 7) is 5.92. The molecule has 1 heterocycles. The van der Waals surface area contributed by atoms with Gasteiger partial charge in [-0.15, -0.1) is 0 Å². The summed E-state index contributed by atoms with van der Waals surface area (Å²) in [6, 6.07) is 11.4. The van der Waals surface area contributed by atoms with E-state index in [-0.39, 0.29) is 18.0 Å². The van der Waals surface area contributed by atoms with E-state index in [2.05, 4.69) is 10.3 Å². The molecule has 6 heteroatoms. The zero-order valence-corrected chi connectivity index (χ0v) is 16.0.